The lowest BCUT2D eigenvalue weighted by Crippen LogP contribution is -2.50. The number of rotatable bonds is 3. The molecule has 2 atom stereocenters. The van der Waals surface area contributed by atoms with Crippen LogP contribution in [0.2, 0.25) is 0 Å². The highest BCUT2D eigenvalue weighted by atomic mass is 16.5. The first-order chi connectivity index (χ1) is 14.3. The molecule has 0 unspecified atom stereocenters. The van der Waals surface area contributed by atoms with Crippen LogP contribution < -0.4 is 10.1 Å². The largest absolute Gasteiger partial charge is 0.497 e. The van der Waals surface area contributed by atoms with Gasteiger partial charge in [-0.25, -0.2) is 4.79 Å². The van der Waals surface area contributed by atoms with Gasteiger partial charge in [-0.1, -0.05) is 6.07 Å². The van der Waals surface area contributed by atoms with Gasteiger partial charge in [0.25, 0.3) is 0 Å². The lowest BCUT2D eigenvalue weighted by Gasteiger charge is -2.44. The second-order valence-corrected chi connectivity index (χ2v) is 9.62. The van der Waals surface area contributed by atoms with Crippen LogP contribution >= 0.6 is 0 Å². The maximum Gasteiger partial charge on any atom is 0.321 e. The summed E-state index contributed by atoms with van der Waals surface area (Å²) in [6.07, 6.45) is 4.00. The zero-order valence-corrected chi connectivity index (χ0v) is 18.6. The normalized spacial score (nSPS) is 27.7. The molecule has 30 heavy (non-hydrogen) atoms. The van der Waals surface area contributed by atoms with Crippen LogP contribution in [0.15, 0.2) is 24.3 Å². The van der Waals surface area contributed by atoms with Gasteiger partial charge in [-0.2, -0.15) is 0 Å². The van der Waals surface area contributed by atoms with E-state index < -0.39 is 0 Å². The fourth-order valence-corrected chi connectivity index (χ4v) is 6.25. The summed E-state index contributed by atoms with van der Waals surface area (Å²) in [4.78, 5) is 32.0. The first kappa shape index (κ1) is 21.0. The van der Waals surface area contributed by atoms with Crippen molar-refractivity contribution in [3.63, 3.8) is 0 Å². The van der Waals surface area contributed by atoms with Gasteiger partial charge >= 0.3 is 6.03 Å². The molecule has 2 heterocycles. The Hall–Kier alpha value is -2.28. The van der Waals surface area contributed by atoms with Gasteiger partial charge in [0.05, 0.1) is 12.5 Å². The number of nitrogens with one attached hydrogen (secondary N) is 1. The Bertz CT molecular complexity index is 818. The average Bonchev–Trinajstić information content (AvgIpc) is 3.23. The SMILES string of the molecule is COc1cccc(NC(=O)N2CCC3(CC2)CC[C@]2(C(=O)N(C)C)CN(C)C[C@H]32)c1. The monoisotopic (exact) mass is 414 g/mol. The van der Waals surface area contributed by atoms with Crippen molar-refractivity contribution in [1.82, 2.24) is 14.7 Å². The predicted molar refractivity (Wildman–Crippen MR) is 117 cm³/mol. The molecule has 3 amide bonds. The quantitative estimate of drug-likeness (QED) is 0.826. The minimum absolute atomic E-state index is 0.0599. The molecular weight excluding hydrogens is 380 g/mol. The minimum atomic E-state index is -0.247. The number of anilines is 1. The van der Waals surface area contributed by atoms with Crippen LogP contribution in [0.25, 0.3) is 0 Å². The molecule has 3 fully saturated rings. The molecule has 2 saturated heterocycles. The third-order valence-corrected chi connectivity index (χ3v) is 7.72. The minimum Gasteiger partial charge on any atom is -0.497 e. The summed E-state index contributed by atoms with van der Waals surface area (Å²) in [5, 5.41) is 3.00. The summed E-state index contributed by atoms with van der Waals surface area (Å²) in [5.74, 6) is 1.39. The van der Waals surface area contributed by atoms with E-state index in [1.807, 2.05) is 43.3 Å². The third-order valence-electron chi connectivity index (χ3n) is 7.72. The summed E-state index contributed by atoms with van der Waals surface area (Å²) >= 11 is 0. The number of nitrogens with zero attached hydrogens (tertiary/aromatic N) is 3. The Balaban J connectivity index is 1.43. The van der Waals surface area contributed by atoms with Crippen molar-refractivity contribution in [1.29, 1.82) is 0 Å². The van der Waals surface area contributed by atoms with Crippen LogP contribution in [0.5, 0.6) is 5.75 Å². The van der Waals surface area contributed by atoms with E-state index >= 15 is 0 Å². The molecule has 164 valence electrons. The molecule has 1 spiro atoms. The smallest absolute Gasteiger partial charge is 0.321 e. The van der Waals surface area contributed by atoms with Gasteiger partial charge in [0.1, 0.15) is 5.75 Å². The number of piperidine rings is 1. The molecule has 3 aliphatic rings. The van der Waals surface area contributed by atoms with Crippen molar-refractivity contribution in [3.8, 4) is 5.75 Å². The van der Waals surface area contributed by atoms with Crippen LogP contribution in [-0.4, -0.2) is 81.1 Å². The molecule has 1 N–H and O–H groups in total. The summed E-state index contributed by atoms with van der Waals surface area (Å²) in [6.45, 7) is 3.32. The highest BCUT2D eigenvalue weighted by Crippen LogP contribution is 2.62. The fraction of sp³-hybridized carbons (Fsp3) is 0.652. The van der Waals surface area contributed by atoms with Crippen LogP contribution in [-0.2, 0) is 4.79 Å². The van der Waals surface area contributed by atoms with Gasteiger partial charge in [-0.05, 0) is 56.2 Å². The number of benzene rings is 1. The van der Waals surface area contributed by atoms with Crippen LogP contribution in [0.4, 0.5) is 10.5 Å². The number of carbonyl (C=O) groups is 2. The van der Waals surface area contributed by atoms with E-state index in [4.69, 9.17) is 4.74 Å². The van der Waals surface area contributed by atoms with Crippen molar-refractivity contribution in [2.24, 2.45) is 16.7 Å². The maximum absolute atomic E-state index is 13.2. The van der Waals surface area contributed by atoms with E-state index in [0.29, 0.717) is 5.92 Å². The summed E-state index contributed by atoms with van der Waals surface area (Å²) in [5.41, 5.74) is 0.667. The number of hydrogen-bond acceptors (Lipinski definition) is 4. The number of methoxy groups -OCH3 is 1. The van der Waals surface area contributed by atoms with E-state index in [0.717, 1.165) is 63.3 Å². The number of amides is 3. The molecule has 7 nitrogen and oxygen atoms in total. The molecule has 4 rings (SSSR count). The lowest BCUT2D eigenvalue weighted by atomic mass is 9.65. The maximum atomic E-state index is 13.2. The molecule has 1 aromatic rings. The molecule has 0 aromatic heterocycles. The molecule has 1 aromatic carbocycles. The number of hydrogen-bond donors (Lipinski definition) is 1. The zero-order chi connectivity index (χ0) is 21.5. The first-order valence-electron chi connectivity index (χ1n) is 10.9. The zero-order valence-electron chi connectivity index (χ0n) is 18.6. The van der Waals surface area contributed by atoms with E-state index in [9.17, 15) is 9.59 Å². The molecule has 0 bridgehead atoms. The predicted octanol–water partition coefficient (Wildman–Crippen LogP) is 2.74. The lowest BCUT2D eigenvalue weighted by molar-refractivity contribution is -0.141. The van der Waals surface area contributed by atoms with Crippen molar-refractivity contribution in [2.75, 3.05) is 59.7 Å². The summed E-state index contributed by atoms with van der Waals surface area (Å²) < 4.78 is 5.24. The molecule has 1 aliphatic carbocycles. The molecule has 2 aliphatic heterocycles. The second kappa shape index (κ2) is 7.76. The van der Waals surface area contributed by atoms with Crippen LogP contribution in [0.3, 0.4) is 0 Å². The third kappa shape index (κ3) is 3.43. The molecule has 1 saturated carbocycles. The number of fused-ring (bicyclic) bond motifs is 2. The van der Waals surface area contributed by atoms with E-state index in [1.165, 1.54) is 0 Å². The van der Waals surface area contributed by atoms with Gasteiger partial charge in [-0.15, -0.1) is 0 Å². The van der Waals surface area contributed by atoms with Crippen LogP contribution in [0, 0.1) is 16.7 Å². The van der Waals surface area contributed by atoms with Crippen molar-refractivity contribution >= 4 is 17.6 Å². The standard InChI is InChI=1S/C23H34N4O3/c1-25(2)20(28)23-9-8-22(19(23)15-26(3)16-23)10-12-27(13-11-22)21(29)24-17-6-5-7-18(14-17)30-4/h5-7,14,19H,8-13,15-16H2,1-4H3,(H,24,29)/t19-,23+/m1/s1. The van der Waals surface area contributed by atoms with Crippen LogP contribution in [0.1, 0.15) is 25.7 Å². The number of carbonyl (C=O) groups excluding carboxylic acids is 2. The van der Waals surface area contributed by atoms with Crippen molar-refractivity contribution in [3.05, 3.63) is 24.3 Å². The summed E-state index contributed by atoms with van der Waals surface area (Å²) in [7, 11) is 7.51. The van der Waals surface area contributed by atoms with E-state index in [1.54, 1.807) is 12.0 Å². The van der Waals surface area contributed by atoms with Crippen molar-refractivity contribution < 1.29 is 14.3 Å². The van der Waals surface area contributed by atoms with Gasteiger partial charge < -0.3 is 24.8 Å². The topological polar surface area (TPSA) is 65.1 Å². The van der Waals surface area contributed by atoms with E-state index in [-0.39, 0.29) is 22.8 Å². The van der Waals surface area contributed by atoms with Gasteiger partial charge in [0.15, 0.2) is 0 Å². The Labute approximate surface area is 179 Å². The highest BCUT2D eigenvalue weighted by molar-refractivity contribution is 5.89. The number of urea groups is 1. The Morgan fingerprint density at radius 3 is 2.57 bits per heavy atom. The first-order valence-corrected chi connectivity index (χ1v) is 10.9. The number of likely N-dealkylation sites (tertiary alicyclic amines) is 2. The van der Waals surface area contributed by atoms with Gasteiger partial charge in [-0.3, -0.25) is 4.79 Å². The Morgan fingerprint density at radius 2 is 1.90 bits per heavy atom. The van der Waals surface area contributed by atoms with Gasteiger partial charge in [0.2, 0.25) is 5.91 Å². The second-order valence-electron chi connectivity index (χ2n) is 9.62. The van der Waals surface area contributed by atoms with Gasteiger partial charge in [0, 0.05) is 52.0 Å². The van der Waals surface area contributed by atoms with Crippen molar-refractivity contribution in [2.45, 2.75) is 25.7 Å². The average molecular weight is 415 g/mol. The fourth-order valence-electron chi connectivity index (χ4n) is 6.25. The summed E-state index contributed by atoms with van der Waals surface area (Å²) in [6, 6.07) is 7.38. The molecular formula is C23H34N4O3. The Morgan fingerprint density at radius 1 is 1.17 bits per heavy atom. The number of ether oxygens (including phenoxy) is 1. The highest BCUT2D eigenvalue weighted by Gasteiger charge is 2.64. The van der Waals surface area contributed by atoms with E-state index in [2.05, 4.69) is 17.3 Å². The molecule has 0 radical (unpaired) electrons. The molecule has 7 heteroatoms. The Kier molecular flexibility index (Phi) is 5.43.